The number of amides is 3. The van der Waals surface area contributed by atoms with Gasteiger partial charge >= 0.3 is 0 Å². The van der Waals surface area contributed by atoms with Gasteiger partial charge < -0.3 is 15.5 Å². The Hall–Kier alpha value is -3.75. The second-order valence-corrected chi connectivity index (χ2v) is 12.4. The number of rotatable bonds is 6. The molecule has 2 aliphatic rings. The van der Waals surface area contributed by atoms with Gasteiger partial charge in [-0.1, -0.05) is 49.4 Å². The summed E-state index contributed by atoms with van der Waals surface area (Å²) in [6.07, 6.45) is 1.87. The van der Waals surface area contributed by atoms with Crippen LogP contribution in [0.25, 0.3) is 11.0 Å². The highest BCUT2D eigenvalue weighted by molar-refractivity contribution is 6.00. The third-order valence-corrected chi connectivity index (χ3v) is 7.68. The van der Waals surface area contributed by atoms with Gasteiger partial charge in [0.25, 0.3) is 0 Å². The lowest BCUT2D eigenvalue weighted by Crippen LogP contribution is -2.67. The number of hydrogen-bond acceptors (Lipinski definition) is 5. The zero-order valence-corrected chi connectivity index (χ0v) is 23.6. The molecule has 39 heavy (non-hydrogen) atoms. The first kappa shape index (κ1) is 26.8. The molecule has 1 aliphatic heterocycles. The maximum absolute atomic E-state index is 14.5. The van der Waals surface area contributed by atoms with E-state index in [2.05, 4.69) is 33.1 Å². The van der Waals surface area contributed by atoms with Crippen LogP contribution < -0.4 is 10.6 Å². The highest BCUT2D eigenvalue weighted by Crippen LogP contribution is 2.36. The van der Waals surface area contributed by atoms with Gasteiger partial charge in [0, 0.05) is 12.6 Å². The second kappa shape index (κ2) is 10.1. The Kier molecular flexibility index (Phi) is 6.95. The zero-order valence-electron chi connectivity index (χ0n) is 23.6. The monoisotopic (exact) mass is 530 g/mol. The van der Waals surface area contributed by atoms with Crippen molar-refractivity contribution in [1.82, 2.24) is 30.5 Å². The molecule has 2 heterocycles. The molecule has 0 unspecified atom stereocenters. The van der Waals surface area contributed by atoms with E-state index in [1.54, 1.807) is 16.6 Å². The van der Waals surface area contributed by atoms with Gasteiger partial charge in [0.2, 0.25) is 17.7 Å². The van der Waals surface area contributed by atoms with Crippen LogP contribution in [0, 0.1) is 11.8 Å². The zero-order chi connectivity index (χ0) is 28.1. The van der Waals surface area contributed by atoms with E-state index in [0.717, 1.165) is 5.52 Å². The summed E-state index contributed by atoms with van der Waals surface area (Å²) in [7, 11) is 1.79. The fraction of sp³-hybridized carbons (Fsp3) is 0.500. The third kappa shape index (κ3) is 5.27. The van der Waals surface area contributed by atoms with Crippen molar-refractivity contribution < 1.29 is 14.4 Å². The van der Waals surface area contributed by atoms with Crippen molar-refractivity contribution in [3.8, 4) is 0 Å². The summed E-state index contributed by atoms with van der Waals surface area (Å²) >= 11 is 0. The van der Waals surface area contributed by atoms with Crippen molar-refractivity contribution in [2.75, 3.05) is 0 Å². The second-order valence-electron chi connectivity index (χ2n) is 12.4. The molecule has 0 spiro atoms. The molecular weight excluding hydrogens is 492 g/mol. The average molecular weight is 531 g/mol. The molecule has 206 valence electrons. The van der Waals surface area contributed by atoms with Crippen LogP contribution in [0.3, 0.4) is 0 Å². The molecule has 1 aliphatic carbocycles. The number of piperazine rings is 1. The van der Waals surface area contributed by atoms with Gasteiger partial charge in [0.15, 0.2) is 0 Å². The van der Waals surface area contributed by atoms with Crippen LogP contribution in [-0.2, 0) is 34.3 Å². The first-order valence-corrected chi connectivity index (χ1v) is 13.7. The Bertz CT molecular complexity index is 1400. The van der Waals surface area contributed by atoms with Crippen LogP contribution in [-0.4, -0.2) is 55.2 Å². The SMILES string of the molecule is CC(C)C[C@@H]1C(=O)N[C@H](C2Cc3ccccc3C2)C(=O)N1[C@@H](C(=O)NC(C)(C)C)c1ccc2nnn(C)c2c1. The lowest BCUT2D eigenvalue weighted by molar-refractivity contribution is -0.158. The molecule has 2 aromatic carbocycles. The van der Waals surface area contributed by atoms with Crippen LogP contribution in [0.15, 0.2) is 42.5 Å². The molecule has 1 saturated heterocycles. The molecule has 5 rings (SSSR count). The molecule has 9 heteroatoms. The lowest BCUT2D eigenvalue weighted by atomic mass is 9.87. The topological polar surface area (TPSA) is 109 Å². The van der Waals surface area contributed by atoms with E-state index in [1.165, 1.54) is 11.1 Å². The molecule has 3 aromatic rings. The normalized spacial score (nSPS) is 20.8. The highest BCUT2D eigenvalue weighted by Gasteiger charge is 2.49. The Balaban J connectivity index is 1.60. The van der Waals surface area contributed by atoms with Crippen LogP contribution >= 0.6 is 0 Å². The van der Waals surface area contributed by atoms with Crippen molar-refractivity contribution in [2.24, 2.45) is 18.9 Å². The first-order chi connectivity index (χ1) is 18.4. The molecule has 1 aromatic heterocycles. The minimum absolute atomic E-state index is 0.0727. The smallest absolute Gasteiger partial charge is 0.247 e. The van der Waals surface area contributed by atoms with Crippen molar-refractivity contribution in [3.63, 3.8) is 0 Å². The van der Waals surface area contributed by atoms with E-state index >= 15 is 0 Å². The van der Waals surface area contributed by atoms with Crippen LogP contribution in [0.4, 0.5) is 0 Å². The Labute approximate surface area is 229 Å². The number of carbonyl (C=O) groups is 3. The van der Waals surface area contributed by atoms with E-state index in [9.17, 15) is 14.4 Å². The molecule has 0 bridgehead atoms. The summed E-state index contributed by atoms with van der Waals surface area (Å²) in [5, 5.41) is 14.4. The fourth-order valence-corrected chi connectivity index (χ4v) is 5.97. The number of hydrogen-bond donors (Lipinski definition) is 2. The van der Waals surface area contributed by atoms with Gasteiger partial charge in [-0.3, -0.25) is 14.4 Å². The predicted molar refractivity (Wildman–Crippen MR) is 149 cm³/mol. The van der Waals surface area contributed by atoms with E-state index in [4.69, 9.17) is 0 Å². The number of aromatic nitrogens is 3. The number of fused-ring (bicyclic) bond motifs is 2. The van der Waals surface area contributed by atoms with Crippen LogP contribution in [0.2, 0.25) is 0 Å². The summed E-state index contributed by atoms with van der Waals surface area (Å²) < 4.78 is 1.65. The average Bonchev–Trinajstić information content (AvgIpc) is 3.45. The maximum Gasteiger partial charge on any atom is 0.247 e. The van der Waals surface area contributed by atoms with Gasteiger partial charge in [0.1, 0.15) is 23.6 Å². The van der Waals surface area contributed by atoms with Crippen LogP contribution in [0.5, 0.6) is 0 Å². The summed E-state index contributed by atoms with van der Waals surface area (Å²) in [5.74, 6) is -0.673. The first-order valence-electron chi connectivity index (χ1n) is 13.7. The van der Waals surface area contributed by atoms with E-state index in [0.29, 0.717) is 30.3 Å². The number of aryl methyl sites for hydroxylation is 1. The van der Waals surface area contributed by atoms with Gasteiger partial charge in [-0.2, -0.15) is 0 Å². The van der Waals surface area contributed by atoms with E-state index in [-0.39, 0.29) is 29.6 Å². The molecule has 1 fully saturated rings. The van der Waals surface area contributed by atoms with Crippen molar-refractivity contribution in [3.05, 3.63) is 59.2 Å². The number of carbonyl (C=O) groups excluding carboxylic acids is 3. The largest absolute Gasteiger partial charge is 0.349 e. The Morgan fingerprint density at radius 3 is 2.38 bits per heavy atom. The quantitative estimate of drug-likeness (QED) is 0.509. The van der Waals surface area contributed by atoms with Crippen molar-refractivity contribution in [2.45, 2.75) is 77.5 Å². The lowest BCUT2D eigenvalue weighted by Gasteiger charge is -2.45. The molecule has 9 nitrogen and oxygen atoms in total. The summed E-state index contributed by atoms with van der Waals surface area (Å²) in [5.41, 5.74) is 3.94. The third-order valence-electron chi connectivity index (χ3n) is 7.68. The van der Waals surface area contributed by atoms with Gasteiger partial charge in [-0.15, -0.1) is 5.10 Å². The van der Waals surface area contributed by atoms with Crippen molar-refractivity contribution in [1.29, 1.82) is 0 Å². The Morgan fingerprint density at radius 1 is 1.10 bits per heavy atom. The molecule has 3 atom stereocenters. The van der Waals surface area contributed by atoms with E-state index < -0.39 is 23.7 Å². The minimum atomic E-state index is -0.989. The summed E-state index contributed by atoms with van der Waals surface area (Å²) in [4.78, 5) is 43.8. The minimum Gasteiger partial charge on any atom is -0.349 e. The van der Waals surface area contributed by atoms with E-state index in [1.807, 2.05) is 65.0 Å². The molecular formula is C30H38N6O3. The highest BCUT2D eigenvalue weighted by atomic mass is 16.2. The summed E-state index contributed by atoms with van der Waals surface area (Å²) in [6.45, 7) is 9.77. The van der Waals surface area contributed by atoms with Gasteiger partial charge in [-0.25, -0.2) is 4.68 Å². The molecule has 2 N–H and O–H groups in total. The molecule has 0 radical (unpaired) electrons. The number of nitrogens with zero attached hydrogens (tertiary/aromatic N) is 4. The van der Waals surface area contributed by atoms with Gasteiger partial charge in [-0.05, 0) is 80.7 Å². The fourth-order valence-electron chi connectivity index (χ4n) is 5.97. The Morgan fingerprint density at radius 2 is 1.77 bits per heavy atom. The predicted octanol–water partition coefficient (Wildman–Crippen LogP) is 3.08. The number of benzene rings is 2. The molecule has 0 saturated carbocycles. The summed E-state index contributed by atoms with van der Waals surface area (Å²) in [6, 6.07) is 11.2. The van der Waals surface area contributed by atoms with Gasteiger partial charge in [0.05, 0.1) is 5.52 Å². The molecule has 3 amide bonds. The van der Waals surface area contributed by atoms with Crippen LogP contribution in [0.1, 0.15) is 63.8 Å². The van der Waals surface area contributed by atoms with Crippen molar-refractivity contribution >= 4 is 28.8 Å². The standard InChI is InChI=1S/C30H38N6O3/c1-17(2)13-24-27(37)31-25(21-14-18-9-7-8-10-19(18)15-21)29(39)36(24)26(28(38)32-30(3,4)5)20-11-12-22-23(16-20)35(6)34-33-22/h7-12,16-17,21,24-26H,13-15H2,1-6H3,(H,31,37)(H,32,38)/t24-,25-,26-/m1/s1. The number of nitrogens with one attached hydrogen (secondary N) is 2. The maximum atomic E-state index is 14.5.